The molecule has 144 valence electrons. The van der Waals surface area contributed by atoms with Crippen molar-refractivity contribution in [1.82, 2.24) is 5.48 Å². The molecule has 5 nitrogen and oxygen atoms in total. The van der Waals surface area contributed by atoms with Crippen molar-refractivity contribution in [3.63, 3.8) is 0 Å². The molecule has 0 aliphatic rings. The summed E-state index contributed by atoms with van der Waals surface area (Å²) in [6.07, 6.45) is 2.86. The molecular weight excluding hydrogens is 340 g/mol. The number of hydrogen-bond donors (Lipinski definition) is 4. The average Bonchev–Trinajstić information content (AvgIpc) is 2.72. The second-order valence-electron chi connectivity index (χ2n) is 6.60. The van der Waals surface area contributed by atoms with Crippen LogP contribution < -0.4 is 11.2 Å². The predicted molar refractivity (Wildman–Crippen MR) is 110 cm³/mol. The largest absolute Gasteiger partial charge is 0.394 e. The highest BCUT2D eigenvalue weighted by Crippen LogP contribution is 2.28. The van der Waals surface area contributed by atoms with E-state index >= 15 is 0 Å². The maximum atomic E-state index is 9.30. The lowest BCUT2D eigenvalue weighted by Gasteiger charge is -2.24. The van der Waals surface area contributed by atoms with Crippen molar-refractivity contribution < 1.29 is 15.1 Å². The third-order valence-electron chi connectivity index (χ3n) is 4.46. The van der Waals surface area contributed by atoms with E-state index in [-0.39, 0.29) is 13.2 Å². The summed E-state index contributed by atoms with van der Waals surface area (Å²) < 4.78 is 0. The van der Waals surface area contributed by atoms with Gasteiger partial charge < -0.3 is 15.9 Å². The lowest BCUT2D eigenvalue weighted by Crippen LogP contribution is -2.47. The number of aryl methyl sites for hydroxylation is 1. The second kappa shape index (κ2) is 10.0. The molecule has 0 amide bonds. The van der Waals surface area contributed by atoms with Gasteiger partial charge in [-0.3, -0.25) is 10.3 Å². The Morgan fingerprint density at radius 2 is 1.78 bits per heavy atom. The van der Waals surface area contributed by atoms with Crippen LogP contribution in [-0.4, -0.2) is 35.6 Å². The molecule has 27 heavy (non-hydrogen) atoms. The first-order valence-corrected chi connectivity index (χ1v) is 8.90. The van der Waals surface area contributed by atoms with Crippen LogP contribution in [0.3, 0.4) is 0 Å². The van der Waals surface area contributed by atoms with Gasteiger partial charge in [-0.05, 0) is 29.5 Å². The van der Waals surface area contributed by atoms with E-state index in [1.165, 1.54) is 0 Å². The Morgan fingerprint density at radius 3 is 2.41 bits per heavy atom. The summed E-state index contributed by atoms with van der Waals surface area (Å²) in [6.45, 7) is 7.57. The van der Waals surface area contributed by atoms with E-state index in [1.54, 1.807) is 6.08 Å². The number of aliphatic hydroxyl groups is 2. The van der Waals surface area contributed by atoms with E-state index in [0.717, 1.165) is 22.3 Å². The molecule has 0 radical (unpaired) electrons. The maximum Gasteiger partial charge on any atom is 0.0925 e. The number of nitrogens with two attached hydrogens (primary N) is 1. The molecule has 0 bridgehead atoms. The van der Waals surface area contributed by atoms with Gasteiger partial charge in [0.15, 0.2) is 0 Å². The molecule has 0 unspecified atom stereocenters. The molecule has 0 aliphatic heterocycles. The number of aliphatic hydroxyl groups excluding tert-OH is 2. The zero-order valence-electron chi connectivity index (χ0n) is 15.5. The zero-order valence-corrected chi connectivity index (χ0v) is 15.5. The van der Waals surface area contributed by atoms with E-state index in [9.17, 15) is 10.2 Å². The Morgan fingerprint density at radius 1 is 1.11 bits per heavy atom. The standard InChI is InChI=1S/C22H28N2O3/c1-3-14-27-24-17(2)20-6-4-5-7-21(20)19-10-8-18(9-11-19)12-13-22(23,15-25)16-26/h3-11,24-26H,1-2,12-16,23H2. The van der Waals surface area contributed by atoms with Crippen molar-refractivity contribution in [3.8, 4) is 11.1 Å². The second-order valence-corrected chi connectivity index (χ2v) is 6.60. The minimum atomic E-state index is -0.944. The van der Waals surface area contributed by atoms with Gasteiger partial charge in [0.25, 0.3) is 0 Å². The normalized spacial score (nSPS) is 11.2. The smallest absolute Gasteiger partial charge is 0.0925 e. The minimum Gasteiger partial charge on any atom is -0.394 e. The van der Waals surface area contributed by atoms with Crippen molar-refractivity contribution in [1.29, 1.82) is 0 Å². The molecule has 0 spiro atoms. The van der Waals surface area contributed by atoms with Crippen molar-refractivity contribution in [2.45, 2.75) is 18.4 Å². The third-order valence-corrected chi connectivity index (χ3v) is 4.46. The monoisotopic (exact) mass is 368 g/mol. The summed E-state index contributed by atoms with van der Waals surface area (Å²) in [4.78, 5) is 5.27. The maximum absolute atomic E-state index is 9.30. The quantitative estimate of drug-likeness (QED) is 0.278. The molecular formula is C22H28N2O3. The van der Waals surface area contributed by atoms with Crippen molar-refractivity contribution in [2.75, 3.05) is 19.8 Å². The van der Waals surface area contributed by atoms with Crippen LogP contribution >= 0.6 is 0 Å². The Balaban J connectivity index is 2.13. The molecule has 2 aromatic rings. The molecule has 0 aromatic heterocycles. The molecule has 0 aliphatic carbocycles. The van der Waals surface area contributed by atoms with Gasteiger partial charge >= 0.3 is 0 Å². The van der Waals surface area contributed by atoms with Gasteiger partial charge in [-0.1, -0.05) is 61.2 Å². The van der Waals surface area contributed by atoms with Crippen LogP contribution in [0.1, 0.15) is 17.5 Å². The van der Waals surface area contributed by atoms with E-state index in [2.05, 4.69) is 18.6 Å². The summed E-state index contributed by atoms with van der Waals surface area (Å²) in [5.41, 5.74) is 12.7. The summed E-state index contributed by atoms with van der Waals surface area (Å²) in [5, 5.41) is 18.6. The molecule has 0 fully saturated rings. The molecule has 5 heteroatoms. The van der Waals surface area contributed by atoms with Gasteiger partial charge in [-0.25, -0.2) is 0 Å². The summed E-state index contributed by atoms with van der Waals surface area (Å²) in [5.74, 6) is 0. The van der Waals surface area contributed by atoms with Crippen molar-refractivity contribution in [2.24, 2.45) is 5.73 Å². The predicted octanol–water partition coefficient (Wildman–Crippen LogP) is 2.65. The van der Waals surface area contributed by atoms with Crippen LogP contribution in [0, 0.1) is 0 Å². The highest BCUT2D eigenvalue weighted by Gasteiger charge is 2.22. The van der Waals surface area contributed by atoms with E-state index in [0.29, 0.717) is 25.1 Å². The molecule has 5 N–H and O–H groups in total. The highest BCUT2D eigenvalue weighted by molar-refractivity contribution is 5.79. The number of hydroxylamine groups is 1. The average molecular weight is 368 g/mol. The SMILES string of the molecule is C=CCONC(=C)c1ccccc1-c1ccc(CCC(N)(CO)CO)cc1. The zero-order chi connectivity index (χ0) is 19.7. The molecule has 0 saturated heterocycles. The van der Waals surface area contributed by atoms with Crippen LogP contribution in [-0.2, 0) is 11.3 Å². The van der Waals surface area contributed by atoms with Gasteiger partial charge in [0.05, 0.1) is 31.1 Å². The fourth-order valence-electron chi connectivity index (χ4n) is 2.69. The Hall–Kier alpha value is -2.44. The van der Waals surface area contributed by atoms with Gasteiger partial charge in [0.2, 0.25) is 0 Å². The lowest BCUT2D eigenvalue weighted by molar-refractivity contribution is 0.104. The fourth-order valence-corrected chi connectivity index (χ4v) is 2.69. The lowest BCUT2D eigenvalue weighted by atomic mass is 9.92. The highest BCUT2D eigenvalue weighted by atomic mass is 16.6. The summed E-state index contributed by atoms with van der Waals surface area (Å²) >= 11 is 0. The molecule has 0 heterocycles. The summed E-state index contributed by atoms with van der Waals surface area (Å²) in [6, 6.07) is 16.1. The molecule has 0 saturated carbocycles. The van der Waals surface area contributed by atoms with E-state index in [1.807, 2.05) is 48.5 Å². The van der Waals surface area contributed by atoms with Crippen molar-refractivity contribution >= 4 is 5.70 Å². The number of nitrogens with one attached hydrogen (secondary N) is 1. The Bertz CT molecular complexity index is 752. The molecule has 2 aromatic carbocycles. The van der Waals surface area contributed by atoms with Gasteiger partial charge in [0.1, 0.15) is 0 Å². The van der Waals surface area contributed by atoms with Gasteiger partial charge in [-0.2, -0.15) is 0 Å². The van der Waals surface area contributed by atoms with Crippen LogP contribution in [0.2, 0.25) is 0 Å². The Kier molecular flexibility index (Phi) is 7.76. The number of rotatable bonds is 11. The number of benzene rings is 2. The topological polar surface area (TPSA) is 87.7 Å². The first-order valence-electron chi connectivity index (χ1n) is 8.90. The van der Waals surface area contributed by atoms with E-state index < -0.39 is 5.54 Å². The fraction of sp³-hybridized carbons (Fsp3) is 0.273. The van der Waals surface area contributed by atoms with Crippen LogP contribution in [0.5, 0.6) is 0 Å². The Labute approximate surface area is 160 Å². The third kappa shape index (κ3) is 5.77. The first-order chi connectivity index (χ1) is 13.0. The minimum absolute atomic E-state index is 0.238. The van der Waals surface area contributed by atoms with Crippen LogP contribution in [0.4, 0.5) is 0 Å². The van der Waals surface area contributed by atoms with E-state index in [4.69, 9.17) is 10.6 Å². The van der Waals surface area contributed by atoms with Crippen LogP contribution in [0.15, 0.2) is 67.8 Å². The van der Waals surface area contributed by atoms with Gasteiger partial charge in [-0.15, -0.1) is 6.58 Å². The number of hydrogen-bond acceptors (Lipinski definition) is 5. The summed E-state index contributed by atoms with van der Waals surface area (Å²) in [7, 11) is 0. The van der Waals surface area contributed by atoms with Crippen LogP contribution in [0.25, 0.3) is 16.8 Å². The molecule has 2 rings (SSSR count). The first kappa shape index (κ1) is 20.9. The molecule has 0 atom stereocenters. The van der Waals surface area contributed by atoms with Crippen molar-refractivity contribution in [3.05, 3.63) is 78.9 Å². The van der Waals surface area contributed by atoms with Gasteiger partial charge in [0, 0.05) is 5.56 Å².